The number of rotatable bonds is 7. The van der Waals surface area contributed by atoms with Crippen LogP contribution in [0.4, 0.5) is 5.69 Å². The van der Waals surface area contributed by atoms with Gasteiger partial charge in [-0.15, -0.1) is 0 Å². The van der Waals surface area contributed by atoms with Crippen molar-refractivity contribution >= 4 is 37.5 Å². The zero-order valence-electron chi connectivity index (χ0n) is 17.7. The number of aryl methyl sites for hydroxylation is 1. The van der Waals surface area contributed by atoms with Gasteiger partial charge in [0.15, 0.2) is 0 Å². The maximum atomic E-state index is 13.6. The molecule has 1 amide bonds. The first-order chi connectivity index (χ1) is 14.8. The van der Waals surface area contributed by atoms with Crippen molar-refractivity contribution in [3.63, 3.8) is 0 Å². The lowest BCUT2D eigenvalue weighted by Gasteiger charge is -2.27. The summed E-state index contributed by atoms with van der Waals surface area (Å²) < 4.78 is 34.0. The number of ether oxygens (including phenoxy) is 1. The minimum absolute atomic E-state index is 0.0912. The number of hydrogen-bond donors (Lipinski definition) is 1. The van der Waals surface area contributed by atoms with Crippen LogP contribution in [0, 0.1) is 18.8 Å². The van der Waals surface area contributed by atoms with Crippen LogP contribution in [0.25, 0.3) is 0 Å². The molecule has 0 radical (unpaired) electrons. The van der Waals surface area contributed by atoms with E-state index >= 15 is 0 Å². The second-order valence-electron chi connectivity index (χ2n) is 8.49. The van der Waals surface area contributed by atoms with Crippen LogP contribution in [0.5, 0.6) is 5.75 Å². The molecule has 166 valence electrons. The van der Waals surface area contributed by atoms with Gasteiger partial charge in [-0.25, -0.2) is 8.42 Å². The van der Waals surface area contributed by atoms with Crippen LogP contribution in [0.3, 0.4) is 0 Å². The molecule has 0 saturated heterocycles. The molecule has 3 unspecified atom stereocenters. The van der Waals surface area contributed by atoms with Gasteiger partial charge in [0.05, 0.1) is 22.2 Å². The van der Waals surface area contributed by atoms with Crippen LogP contribution >= 0.6 is 15.9 Å². The molecule has 4 rings (SSSR count). The lowest BCUT2D eigenvalue weighted by Crippen LogP contribution is -2.46. The summed E-state index contributed by atoms with van der Waals surface area (Å²) in [6, 6.07) is 11.9. The molecule has 0 aliphatic heterocycles. The zero-order chi connectivity index (χ0) is 22.2. The van der Waals surface area contributed by atoms with E-state index in [2.05, 4.69) is 21.2 Å². The van der Waals surface area contributed by atoms with E-state index < -0.39 is 10.0 Å². The van der Waals surface area contributed by atoms with Crippen LogP contribution in [-0.4, -0.2) is 34.0 Å². The Bertz CT molecular complexity index is 1070. The van der Waals surface area contributed by atoms with Gasteiger partial charge in [-0.3, -0.25) is 9.10 Å². The topological polar surface area (TPSA) is 75.7 Å². The molecule has 1 N–H and O–H groups in total. The highest BCUT2D eigenvalue weighted by atomic mass is 79.9. The summed E-state index contributed by atoms with van der Waals surface area (Å²) in [5.41, 5.74) is 1.47. The summed E-state index contributed by atoms with van der Waals surface area (Å²) in [6.07, 6.45) is 4.56. The smallest absolute Gasteiger partial charge is 0.264 e. The summed E-state index contributed by atoms with van der Waals surface area (Å²) in [5.74, 6) is 1.49. The third-order valence-electron chi connectivity index (χ3n) is 6.40. The Morgan fingerprint density at radius 1 is 1.16 bits per heavy atom. The van der Waals surface area contributed by atoms with E-state index in [0.29, 0.717) is 27.7 Å². The average molecular weight is 507 g/mol. The third kappa shape index (κ3) is 4.60. The normalized spacial score (nSPS) is 22.4. The monoisotopic (exact) mass is 506 g/mol. The van der Waals surface area contributed by atoms with Crippen LogP contribution in [-0.2, 0) is 14.8 Å². The van der Waals surface area contributed by atoms with Crippen molar-refractivity contribution in [1.29, 1.82) is 0 Å². The van der Waals surface area contributed by atoms with Crippen molar-refractivity contribution in [1.82, 2.24) is 5.32 Å². The van der Waals surface area contributed by atoms with Crippen LogP contribution < -0.4 is 14.4 Å². The molecule has 0 aromatic heterocycles. The summed E-state index contributed by atoms with van der Waals surface area (Å²) in [7, 11) is -2.45. The Labute approximate surface area is 192 Å². The summed E-state index contributed by atoms with van der Waals surface area (Å²) >= 11 is 3.36. The molecular weight excluding hydrogens is 480 g/mol. The fourth-order valence-electron chi connectivity index (χ4n) is 4.77. The molecule has 2 aromatic rings. The third-order valence-corrected chi connectivity index (χ3v) is 8.79. The quantitative estimate of drug-likeness (QED) is 0.608. The number of benzene rings is 2. The average Bonchev–Trinajstić information content (AvgIpc) is 3.36. The van der Waals surface area contributed by atoms with Gasteiger partial charge < -0.3 is 10.1 Å². The van der Waals surface area contributed by atoms with Crippen molar-refractivity contribution < 1.29 is 17.9 Å². The molecular formula is C23H27BrN2O4S. The van der Waals surface area contributed by atoms with Gasteiger partial charge in [0.25, 0.3) is 10.0 Å². The number of halogens is 1. The van der Waals surface area contributed by atoms with Gasteiger partial charge in [0.1, 0.15) is 12.3 Å². The van der Waals surface area contributed by atoms with E-state index in [1.54, 1.807) is 18.2 Å². The molecule has 2 fully saturated rings. The molecule has 3 atom stereocenters. The van der Waals surface area contributed by atoms with E-state index in [1.807, 2.05) is 19.1 Å². The maximum Gasteiger partial charge on any atom is 0.264 e. The number of sulfonamides is 1. The molecule has 2 aliphatic carbocycles. The van der Waals surface area contributed by atoms with Crippen molar-refractivity contribution in [2.45, 2.75) is 43.5 Å². The Morgan fingerprint density at radius 2 is 1.90 bits per heavy atom. The first-order valence-corrected chi connectivity index (χ1v) is 12.7. The maximum absolute atomic E-state index is 13.6. The Morgan fingerprint density at radius 3 is 2.48 bits per heavy atom. The highest BCUT2D eigenvalue weighted by Gasteiger charge is 2.40. The van der Waals surface area contributed by atoms with Gasteiger partial charge in [-0.05, 0) is 84.3 Å². The lowest BCUT2D eigenvalue weighted by atomic mass is 9.95. The van der Waals surface area contributed by atoms with Gasteiger partial charge >= 0.3 is 0 Å². The fourth-order valence-corrected chi connectivity index (χ4v) is 6.91. The number of nitrogens with one attached hydrogen (secondary N) is 1. The van der Waals surface area contributed by atoms with Gasteiger partial charge in [-0.2, -0.15) is 0 Å². The first kappa shape index (κ1) is 22.1. The molecule has 2 bridgehead atoms. The second-order valence-corrected chi connectivity index (χ2v) is 11.2. The van der Waals surface area contributed by atoms with Crippen molar-refractivity contribution in [3.8, 4) is 5.75 Å². The van der Waals surface area contributed by atoms with Crippen molar-refractivity contribution in [3.05, 3.63) is 52.5 Å². The molecule has 8 heteroatoms. The van der Waals surface area contributed by atoms with Gasteiger partial charge in [-0.1, -0.05) is 24.1 Å². The number of fused-ring (bicyclic) bond motifs is 2. The molecule has 2 aliphatic rings. The second kappa shape index (κ2) is 8.82. The predicted octanol–water partition coefficient (Wildman–Crippen LogP) is 4.27. The molecule has 6 nitrogen and oxygen atoms in total. The summed E-state index contributed by atoms with van der Waals surface area (Å²) in [6.45, 7) is 1.67. The van der Waals surface area contributed by atoms with E-state index in [-0.39, 0.29) is 23.4 Å². The minimum Gasteiger partial charge on any atom is -0.496 e. The number of hydrogen-bond acceptors (Lipinski definition) is 4. The number of carbonyl (C=O) groups is 1. The lowest BCUT2D eigenvalue weighted by molar-refractivity contribution is -0.120. The Balaban J connectivity index is 1.61. The molecule has 0 spiro atoms. The number of methoxy groups -OCH3 is 1. The zero-order valence-corrected chi connectivity index (χ0v) is 20.1. The molecule has 2 saturated carbocycles. The largest absolute Gasteiger partial charge is 0.496 e. The number of nitrogens with zero attached hydrogens (tertiary/aromatic N) is 1. The minimum atomic E-state index is -3.97. The van der Waals surface area contributed by atoms with Gasteiger partial charge in [0, 0.05) is 6.04 Å². The van der Waals surface area contributed by atoms with E-state index in [1.165, 1.54) is 36.4 Å². The van der Waals surface area contributed by atoms with E-state index in [4.69, 9.17) is 4.74 Å². The highest BCUT2D eigenvalue weighted by Crippen LogP contribution is 2.44. The number of carbonyl (C=O) groups excluding carboxylic acids is 1. The first-order valence-electron chi connectivity index (χ1n) is 10.5. The fraction of sp³-hybridized carbons (Fsp3) is 0.435. The number of anilines is 1. The Kier molecular flexibility index (Phi) is 6.30. The number of amides is 1. The van der Waals surface area contributed by atoms with Crippen molar-refractivity contribution in [2.75, 3.05) is 18.0 Å². The van der Waals surface area contributed by atoms with Crippen LogP contribution in [0.2, 0.25) is 0 Å². The molecule has 31 heavy (non-hydrogen) atoms. The molecule has 0 heterocycles. The van der Waals surface area contributed by atoms with E-state index in [0.717, 1.165) is 18.4 Å². The predicted molar refractivity (Wildman–Crippen MR) is 124 cm³/mol. The Hall–Kier alpha value is -2.06. The summed E-state index contributed by atoms with van der Waals surface area (Å²) in [5, 5.41) is 3.10. The van der Waals surface area contributed by atoms with Crippen LogP contribution in [0.15, 0.2) is 51.8 Å². The highest BCUT2D eigenvalue weighted by molar-refractivity contribution is 9.10. The van der Waals surface area contributed by atoms with Crippen molar-refractivity contribution in [2.24, 2.45) is 11.8 Å². The van der Waals surface area contributed by atoms with Gasteiger partial charge in [0.2, 0.25) is 5.91 Å². The molecule has 2 aromatic carbocycles. The summed E-state index contributed by atoms with van der Waals surface area (Å²) in [4.78, 5) is 13.0. The van der Waals surface area contributed by atoms with E-state index in [9.17, 15) is 13.2 Å². The standard InChI is InChI=1S/C23H27BrN2O4S/c1-15-3-7-18(8-4-15)26(14-23(27)25-21-12-16-5-6-17(21)11-16)31(28,29)19-9-10-22(30-2)20(24)13-19/h3-4,7-10,13,16-17,21H,5-6,11-12,14H2,1-2H3,(H,25,27). The van der Waals surface area contributed by atoms with Crippen LogP contribution in [0.1, 0.15) is 31.2 Å². The SMILES string of the molecule is COc1ccc(S(=O)(=O)N(CC(=O)NC2CC3CCC2C3)c2ccc(C)cc2)cc1Br.